The molecule has 0 saturated carbocycles. The van der Waals surface area contributed by atoms with Gasteiger partial charge in [0.25, 0.3) is 0 Å². The molecule has 0 atom stereocenters. The summed E-state index contributed by atoms with van der Waals surface area (Å²) in [6.07, 6.45) is 5.86. The van der Waals surface area contributed by atoms with E-state index in [4.69, 9.17) is 0 Å². The highest BCUT2D eigenvalue weighted by Gasteiger charge is 1.95. The van der Waals surface area contributed by atoms with E-state index >= 15 is 0 Å². The van der Waals surface area contributed by atoms with Crippen LogP contribution in [0.2, 0.25) is 0 Å². The Kier molecular flexibility index (Phi) is 6.11. The van der Waals surface area contributed by atoms with Gasteiger partial charge in [-0.2, -0.15) is 0 Å². The van der Waals surface area contributed by atoms with Crippen molar-refractivity contribution < 1.29 is 1.43 Å². The van der Waals surface area contributed by atoms with Gasteiger partial charge >= 0.3 is 0 Å². The van der Waals surface area contributed by atoms with Crippen molar-refractivity contribution in [2.24, 2.45) is 4.99 Å². The summed E-state index contributed by atoms with van der Waals surface area (Å²) in [5.74, 6) is 0. The summed E-state index contributed by atoms with van der Waals surface area (Å²) in [7, 11) is 0. The van der Waals surface area contributed by atoms with Gasteiger partial charge in [0, 0.05) is 33.0 Å². The SMILES string of the molecule is C/C=C\C(CNCc1ccccn1)=NCC.[HH]. The standard InChI is InChI=1S/C13H19N3.H2/c1-3-7-12(15-4-2)10-14-11-13-8-5-6-9-16-13;/h3,5-9,14H,4,10-11H2,1-2H3;1H/b7-3-,15-12?;. The molecule has 0 amide bonds. The smallest absolute Gasteiger partial charge is 0.0541 e. The van der Waals surface area contributed by atoms with E-state index in [0.717, 1.165) is 31.0 Å². The fraction of sp³-hybridized carbons (Fsp3) is 0.385. The van der Waals surface area contributed by atoms with Crippen molar-refractivity contribution in [2.45, 2.75) is 20.4 Å². The van der Waals surface area contributed by atoms with E-state index in [1.54, 1.807) is 0 Å². The van der Waals surface area contributed by atoms with Gasteiger partial charge in [-0.1, -0.05) is 12.1 Å². The molecule has 0 bridgehead atoms. The minimum absolute atomic E-state index is 0. The maximum absolute atomic E-state index is 4.39. The third kappa shape index (κ3) is 4.84. The van der Waals surface area contributed by atoms with E-state index in [0.29, 0.717) is 0 Å². The van der Waals surface area contributed by atoms with Gasteiger partial charge < -0.3 is 5.32 Å². The second-order valence-corrected chi connectivity index (χ2v) is 3.39. The molecule has 0 aliphatic heterocycles. The maximum atomic E-state index is 4.39. The summed E-state index contributed by atoms with van der Waals surface area (Å²) in [6.45, 7) is 6.44. The monoisotopic (exact) mass is 219 g/mol. The second kappa shape index (κ2) is 7.77. The van der Waals surface area contributed by atoms with Crippen molar-refractivity contribution in [3.8, 4) is 0 Å². The molecule has 0 aromatic carbocycles. The summed E-state index contributed by atoms with van der Waals surface area (Å²) in [5.41, 5.74) is 2.14. The summed E-state index contributed by atoms with van der Waals surface area (Å²) in [6, 6.07) is 5.93. The third-order valence-corrected chi connectivity index (χ3v) is 2.06. The maximum Gasteiger partial charge on any atom is 0.0541 e. The number of nitrogens with zero attached hydrogens (tertiary/aromatic N) is 2. The van der Waals surface area contributed by atoms with Crippen LogP contribution in [0.4, 0.5) is 0 Å². The molecule has 1 heterocycles. The number of aliphatic imine (C=N–C) groups is 1. The molecule has 0 unspecified atom stereocenters. The fourth-order valence-electron chi connectivity index (χ4n) is 1.38. The van der Waals surface area contributed by atoms with Gasteiger partial charge in [0.1, 0.15) is 0 Å². The van der Waals surface area contributed by atoms with Crippen molar-refractivity contribution in [3.05, 3.63) is 42.2 Å². The van der Waals surface area contributed by atoms with E-state index in [2.05, 4.69) is 15.3 Å². The molecule has 1 aromatic rings. The molecule has 0 radical (unpaired) electrons. The van der Waals surface area contributed by atoms with Crippen LogP contribution < -0.4 is 5.32 Å². The van der Waals surface area contributed by atoms with Gasteiger partial charge in [-0.15, -0.1) is 0 Å². The molecule has 3 heteroatoms. The highest BCUT2D eigenvalue weighted by molar-refractivity contribution is 5.96. The summed E-state index contributed by atoms with van der Waals surface area (Å²) < 4.78 is 0. The minimum Gasteiger partial charge on any atom is -0.306 e. The topological polar surface area (TPSA) is 37.3 Å². The second-order valence-electron chi connectivity index (χ2n) is 3.39. The van der Waals surface area contributed by atoms with Crippen LogP contribution in [-0.4, -0.2) is 23.8 Å². The first-order valence-corrected chi connectivity index (χ1v) is 5.63. The van der Waals surface area contributed by atoms with Crippen LogP contribution in [0.1, 0.15) is 21.0 Å². The Labute approximate surface area is 98.8 Å². The lowest BCUT2D eigenvalue weighted by Gasteiger charge is -2.04. The Morgan fingerprint density at radius 1 is 1.56 bits per heavy atom. The molecule has 0 spiro atoms. The molecular formula is C13H21N3. The molecule has 1 rings (SSSR count). The highest BCUT2D eigenvalue weighted by Crippen LogP contribution is 1.92. The molecule has 16 heavy (non-hydrogen) atoms. The predicted molar refractivity (Wildman–Crippen MR) is 70.8 cm³/mol. The van der Waals surface area contributed by atoms with Crippen molar-refractivity contribution in [1.82, 2.24) is 10.3 Å². The first-order chi connectivity index (χ1) is 7.86. The lowest BCUT2D eigenvalue weighted by atomic mass is 10.3. The number of rotatable bonds is 6. The number of pyridine rings is 1. The quantitative estimate of drug-likeness (QED) is 0.746. The van der Waals surface area contributed by atoms with Gasteiger partial charge in [-0.3, -0.25) is 9.98 Å². The van der Waals surface area contributed by atoms with Crippen LogP contribution in [-0.2, 0) is 6.54 Å². The Morgan fingerprint density at radius 2 is 2.44 bits per heavy atom. The van der Waals surface area contributed by atoms with Crippen LogP contribution in [0, 0.1) is 0 Å². The Hall–Kier alpha value is -1.48. The molecule has 0 aliphatic carbocycles. The molecule has 0 saturated heterocycles. The molecular weight excluding hydrogens is 198 g/mol. The van der Waals surface area contributed by atoms with Crippen LogP contribution in [0.15, 0.2) is 41.5 Å². The van der Waals surface area contributed by atoms with E-state index in [1.165, 1.54) is 0 Å². The zero-order valence-electron chi connectivity index (χ0n) is 9.98. The van der Waals surface area contributed by atoms with Gasteiger partial charge in [-0.05, 0) is 32.1 Å². The van der Waals surface area contributed by atoms with Gasteiger partial charge in [0.05, 0.1) is 5.69 Å². The zero-order chi connectivity index (χ0) is 11.6. The third-order valence-electron chi connectivity index (χ3n) is 2.06. The van der Waals surface area contributed by atoms with Gasteiger partial charge in [0.2, 0.25) is 0 Å². The van der Waals surface area contributed by atoms with Gasteiger partial charge in [-0.25, -0.2) is 0 Å². The Balaban J connectivity index is 0.00000256. The Bertz CT molecular complexity index is 347. The van der Waals surface area contributed by atoms with Crippen molar-refractivity contribution in [3.63, 3.8) is 0 Å². The highest BCUT2D eigenvalue weighted by atomic mass is 14.9. The van der Waals surface area contributed by atoms with Crippen LogP contribution in [0.3, 0.4) is 0 Å². The number of nitrogens with one attached hydrogen (secondary N) is 1. The summed E-state index contributed by atoms with van der Waals surface area (Å²) in [5, 5.41) is 3.33. The fourth-order valence-corrected chi connectivity index (χ4v) is 1.38. The molecule has 1 aromatic heterocycles. The molecule has 3 nitrogen and oxygen atoms in total. The number of hydrogen-bond acceptors (Lipinski definition) is 3. The van der Waals surface area contributed by atoms with Crippen molar-refractivity contribution in [2.75, 3.05) is 13.1 Å². The molecule has 0 fully saturated rings. The number of hydrogen-bond donors (Lipinski definition) is 1. The molecule has 1 N–H and O–H groups in total. The normalized spacial score (nSPS) is 12.2. The van der Waals surface area contributed by atoms with Crippen molar-refractivity contribution in [1.29, 1.82) is 0 Å². The predicted octanol–water partition coefficient (Wildman–Crippen LogP) is 2.45. The number of aromatic nitrogens is 1. The average Bonchev–Trinajstić information content (AvgIpc) is 2.31. The van der Waals surface area contributed by atoms with E-state index in [-0.39, 0.29) is 1.43 Å². The summed E-state index contributed by atoms with van der Waals surface area (Å²) >= 11 is 0. The van der Waals surface area contributed by atoms with Gasteiger partial charge in [0.15, 0.2) is 0 Å². The largest absolute Gasteiger partial charge is 0.306 e. The lowest BCUT2D eigenvalue weighted by molar-refractivity contribution is 0.754. The Morgan fingerprint density at radius 3 is 3.06 bits per heavy atom. The van der Waals surface area contributed by atoms with Crippen LogP contribution >= 0.6 is 0 Å². The van der Waals surface area contributed by atoms with E-state index in [1.807, 2.05) is 50.4 Å². The average molecular weight is 219 g/mol. The summed E-state index contributed by atoms with van der Waals surface area (Å²) in [4.78, 5) is 8.64. The van der Waals surface area contributed by atoms with E-state index in [9.17, 15) is 0 Å². The first-order valence-electron chi connectivity index (χ1n) is 5.63. The zero-order valence-corrected chi connectivity index (χ0v) is 9.98. The molecule has 0 aliphatic rings. The van der Waals surface area contributed by atoms with Crippen molar-refractivity contribution >= 4 is 5.71 Å². The minimum atomic E-state index is 0. The van der Waals surface area contributed by atoms with Crippen LogP contribution in [0.25, 0.3) is 0 Å². The number of allylic oxidation sites excluding steroid dienone is 1. The van der Waals surface area contributed by atoms with Crippen LogP contribution in [0.5, 0.6) is 0 Å². The first kappa shape index (κ1) is 12.6. The lowest BCUT2D eigenvalue weighted by Crippen LogP contribution is -2.22. The van der Waals surface area contributed by atoms with E-state index < -0.39 is 0 Å². The molecule has 88 valence electrons.